The van der Waals surface area contributed by atoms with Crippen LogP contribution in [-0.4, -0.2) is 0 Å². The Hall–Kier alpha value is -0.260. The predicted octanol–water partition coefficient (Wildman–Crippen LogP) is 3.20. The molecule has 0 radical (unpaired) electrons. The van der Waals surface area contributed by atoms with E-state index in [1.807, 2.05) is 0 Å². The van der Waals surface area contributed by atoms with Gasteiger partial charge in [-0.25, -0.2) is 0 Å². The number of benzene rings is 1. The standard InChI is InChI=1S/C9H12.HPS/c1-7-5-4-6-8(2)9(7)3;1-2/h4-6H,1-3H3;1H. The zero-order chi connectivity index (χ0) is 8.85. The zero-order valence-electron chi connectivity index (χ0n) is 7.14. The molecule has 1 aromatic rings. The van der Waals surface area contributed by atoms with Crippen molar-refractivity contribution in [2.75, 3.05) is 0 Å². The lowest BCUT2D eigenvalue weighted by Crippen LogP contribution is -1.82. The average molecular weight is 184 g/mol. The lowest BCUT2D eigenvalue weighted by atomic mass is 10.1. The highest BCUT2D eigenvalue weighted by molar-refractivity contribution is 7.88. The molecular formula is C9H13PS. The summed E-state index contributed by atoms with van der Waals surface area (Å²) in [6.07, 6.45) is 0. The molecule has 0 heterocycles. The molecule has 0 fully saturated rings. The topological polar surface area (TPSA) is 0 Å². The monoisotopic (exact) mass is 184 g/mol. The first-order chi connectivity index (χ1) is 5.22. The van der Waals surface area contributed by atoms with Crippen molar-refractivity contribution in [2.24, 2.45) is 0 Å². The minimum absolute atomic E-state index is 1.38. The van der Waals surface area contributed by atoms with Crippen LogP contribution in [0.15, 0.2) is 18.2 Å². The fourth-order valence-electron chi connectivity index (χ4n) is 0.898. The number of rotatable bonds is 0. The van der Waals surface area contributed by atoms with Crippen LogP contribution in [0.1, 0.15) is 16.7 Å². The molecule has 0 saturated heterocycles. The molecule has 1 aromatic carbocycles. The van der Waals surface area contributed by atoms with Crippen LogP contribution in [0.25, 0.3) is 0 Å². The van der Waals surface area contributed by atoms with Crippen molar-refractivity contribution in [1.29, 1.82) is 0 Å². The van der Waals surface area contributed by atoms with Crippen LogP contribution in [0.3, 0.4) is 0 Å². The Labute approximate surface area is 75.9 Å². The zero-order valence-corrected chi connectivity index (χ0v) is 8.96. The Balaban J connectivity index is 0.000000461. The van der Waals surface area contributed by atoms with Gasteiger partial charge in [0.25, 0.3) is 0 Å². The van der Waals surface area contributed by atoms with E-state index in [0.29, 0.717) is 0 Å². The predicted molar refractivity (Wildman–Crippen MR) is 56.3 cm³/mol. The van der Waals surface area contributed by atoms with E-state index in [0.717, 1.165) is 0 Å². The van der Waals surface area contributed by atoms with Gasteiger partial charge in [0.15, 0.2) is 0 Å². The molecule has 0 unspecified atom stereocenters. The largest absolute Gasteiger partial charge is 0.0617 e. The molecule has 0 saturated carbocycles. The Morgan fingerprint density at radius 2 is 1.36 bits per heavy atom. The van der Waals surface area contributed by atoms with Crippen molar-refractivity contribution in [3.8, 4) is 0 Å². The van der Waals surface area contributed by atoms with Crippen molar-refractivity contribution in [3.63, 3.8) is 0 Å². The maximum Gasteiger partial charge on any atom is -0.0392 e. The molecule has 0 atom stereocenters. The van der Waals surface area contributed by atoms with Gasteiger partial charge >= 0.3 is 0 Å². The molecule has 0 N–H and O–H groups in total. The van der Waals surface area contributed by atoms with Gasteiger partial charge in [0.05, 0.1) is 0 Å². The van der Waals surface area contributed by atoms with Crippen LogP contribution in [-0.2, 0) is 11.8 Å². The normalized spacial score (nSPS) is 8.27. The van der Waals surface area contributed by atoms with Gasteiger partial charge < -0.3 is 0 Å². The molecule has 0 aliphatic heterocycles. The van der Waals surface area contributed by atoms with E-state index in [4.69, 9.17) is 0 Å². The fraction of sp³-hybridized carbons (Fsp3) is 0.333. The SMILES string of the molecule is Cc1cccc(C)c1C.P=S. The van der Waals surface area contributed by atoms with Gasteiger partial charge in [-0.15, -0.1) is 0 Å². The lowest BCUT2D eigenvalue weighted by molar-refractivity contribution is 1.27. The fourth-order valence-corrected chi connectivity index (χ4v) is 0.898. The summed E-state index contributed by atoms with van der Waals surface area (Å²) in [6, 6.07) is 6.38. The van der Waals surface area contributed by atoms with Crippen molar-refractivity contribution in [3.05, 3.63) is 34.9 Å². The van der Waals surface area contributed by atoms with Crippen LogP contribution in [0.4, 0.5) is 0 Å². The first-order valence-electron chi connectivity index (χ1n) is 3.45. The number of aryl methyl sites for hydroxylation is 2. The van der Waals surface area contributed by atoms with Crippen LogP contribution >= 0.6 is 8.02 Å². The summed E-state index contributed by atoms with van der Waals surface area (Å²) in [5, 5.41) is 0. The third-order valence-electron chi connectivity index (χ3n) is 1.88. The Morgan fingerprint density at radius 1 is 1.00 bits per heavy atom. The van der Waals surface area contributed by atoms with Crippen molar-refractivity contribution in [2.45, 2.75) is 20.8 Å². The van der Waals surface area contributed by atoms with Gasteiger partial charge in [-0.2, -0.15) is 0 Å². The second-order valence-corrected chi connectivity index (χ2v) is 2.52. The van der Waals surface area contributed by atoms with E-state index in [9.17, 15) is 0 Å². The first kappa shape index (κ1) is 10.7. The smallest absolute Gasteiger partial charge is 0.0392 e. The quantitative estimate of drug-likeness (QED) is 0.558. The molecular weight excluding hydrogens is 171 g/mol. The second kappa shape index (κ2) is 5.40. The minimum atomic E-state index is 1.38. The molecule has 1 rings (SSSR count). The van der Waals surface area contributed by atoms with Crippen LogP contribution in [0.2, 0.25) is 0 Å². The Bertz CT molecular complexity index is 213. The summed E-state index contributed by atoms with van der Waals surface area (Å²) >= 11 is 3.89. The molecule has 0 aliphatic carbocycles. The van der Waals surface area contributed by atoms with E-state index < -0.39 is 0 Å². The third kappa shape index (κ3) is 3.09. The molecule has 0 nitrogen and oxygen atoms in total. The molecule has 0 spiro atoms. The van der Waals surface area contributed by atoms with Gasteiger partial charge in [0.1, 0.15) is 0 Å². The lowest BCUT2D eigenvalue weighted by Gasteiger charge is -2.00. The maximum absolute atomic E-state index is 3.89. The van der Waals surface area contributed by atoms with Crippen molar-refractivity contribution >= 4 is 19.8 Å². The highest BCUT2D eigenvalue weighted by Gasteiger charge is 1.91. The summed E-state index contributed by atoms with van der Waals surface area (Å²) in [5.74, 6) is 0. The highest BCUT2D eigenvalue weighted by atomic mass is 32.4. The van der Waals surface area contributed by atoms with Crippen molar-refractivity contribution < 1.29 is 0 Å². The van der Waals surface area contributed by atoms with Crippen LogP contribution < -0.4 is 0 Å². The van der Waals surface area contributed by atoms with Gasteiger partial charge in [0.2, 0.25) is 0 Å². The summed E-state index contributed by atoms with van der Waals surface area (Å²) in [6.45, 7) is 6.44. The molecule has 11 heavy (non-hydrogen) atoms. The van der Waals surface area contributed by atoms with Crippen molar-refractivity contribution in [1.82, 2.24) is 0 Å². The van der Waals surface area contributed by atoms with Gasteiger partial charge in [-0.1, -0.05) is 30.0 Å². The van der Waals surface area contributed by atoms with Gasteiger partial charge in [-0.3, -0.25) is 0 Å². The Morgan fingerprint density at radius 3 is 1.64 bits per heavy atom. The summed E-state index contributed by atoms with van der Waals surface area (Å²) < 4.78 is 0. The summed E-state index contributed by atoms with van der Waals surface area (Å²) in [4.78, 5) is 0. The second-order valence-electron chi connectivity index (χ2n) is 2.52. The molecule has 2 heteroatoms. The maximum atomic E-state index is 3.89. The Kier molecular flexibility index (Phi) is 5.27. The van der Waals surface area contributed by atoms with E-state index in [1.54, 1.807) is 0 Å². The van der Waals surface area contributed by atoms with Gasteiger partial charge in [-0.05, 0) is 45.5 Å². The number of hydrogen-bond donors (Lipinski definition) is 0. The average Bonchev–Trinajstić information content (AvgIpc) is 2.04. The van der Waals surface area contributed by atoms with E-state index in [2.05, 4.69) is 58.8 Å². The molecule has 0 aromatic heterocycles. The summed E-state index contributed by atoms with van der Waals surface area (Å²) in [5.41, 5.74) is 4.18. The van der Waals surface area contributed by atoms with E-state index in [-0.39, 0.29) is 0 Å². The van der Waals surface area contributed by atoms with Gasteiger partial charge in [0, 0.05) is 0 Å². The minimum Gasteiger partial charge on any atom is -0.0617 e. The van der Waals surface area contributed by atoms with E-state index >= 15 is 0 Å². The molecule has 0 amide bonds. The van der Waals surface area contributed by atoms with Crippen LogP contribution in [0, 0.1) is 20.8 Å². The summed E-state index contributed by atoms with van der Waals surface area (Å²) in [7, 11) is 2.56. The molecule has 0 aliphatic rings. The third-order valence-corrected chi connectivity index (χ3v) is 1.88. The van der Waals surface area contributed by atoms with E-state index in [1.165, 1.54) is 16.7 Å². The highest BCUT2D eigenvalue weighted by Crippen LogP contribution is 2.09. The van der Waals surface area contributed by atoms with Crippen LogP contribution in [0.5, 0.6) is 0 Å². The first-order valence-corrected chi connectivity index (χ1v) is 5.08. The molecule has 60 valence electrons. The number of hydrogen-bond acceptors (Lipinski definition) is 1. The molecule has 0 bridgehead atoms.